The van der Waals surface area contributed by atoms with E-state index in [1.54, 1.807) is 29.8 Å². The van der Waals surface area contributed by atoms with E-state index in [-0.39, 0.29) is 24.7 Å². The Balaban J connectivity index is 1.60. The van der Waals surface area contributed by atoms with Gasteiger partial charge in [0.1, 0.15) is 11.9 Å². The summed E-state index contributed by atoms with van der Waals surface area (Å²) in [5.41, 5.74) is 1.14. The van der Waals surface area contributed by atoms with Crippen LogP contribution in [-0.4, -0.2) is 51.9 Å². The molecule has 0 saturated carbocycles. The summed E-state index contributed by atoms with van der Waals surface area (Å²) in [4.78, 5) is 12.5. The third-order valence-electron chi connectivity index (χ3n) is 4.45. The average Bonchev–Trinajstić information content (AvgIpc) is 3.16. The van der Waals surface area contributed by atoms with Gasteiger partial charge in [0.25, 0.3) is 10.0 Å². The number of hydrogen-bond acceptors (Lipinski definition) is 6. The van der Waals surface area contributed by atoms with Gasteiger partial charge >= 0.3 is 0 Å². The SMILES string of the molecule is Cn1cnc(S(=O)(=O)N2CCOC(c3cncc(-c4ccccc4F)n3)C2)c1. The van der Waals surface area contributed by atoms with Crippen molar-refractivity contribution >= 4 is 10.0 Å². The average molecular weight is 403 g/mol. The van der Waals surface area contributed by atoms with Gasteiger partial charge in [0.2, 0.25) is 0 Å². The first-order valence-corrected chi connectivity index (χ1v) is 10.1. The summed E-state index contributed by atoms with van der Waals surface area (Å²) >= 11 is 0. The molecular formula is C18H18FN5O3S. The maximum atomic E-state index is 14.1. The highest BCUT2D eigenvalue weighted by atomic mass is 32.2. The molecule has 0 radical (unpaired) electrons. The van der Waals surface area contributed by atoms with Crippen molar-refractivity contribution < 1.29 is 17.5 Å². The first kappa shape index (κ1) is 18.7. The Bertz CT molecular complexity index is 1100. The van der Waals surface area contributed by atoms with E-state index >= 15 is 0 Å². The van der Waals surface area contributed by atoms with Gasteiger partial charge < -0.3 is 9.30 Å². The zero-order valence-electron chi connectivity index (χ0n) is 15.1. The third kappa shape index (κ3) is 3.53. The van der Waals surface area contributed by atoms with Crippen molar-refractivity contribution in [2.45, 2.75) is 11.1 Å². The highest BCUT2D eigenvalue weighted by Crippen LogP contribution is 2.27. The number of rotatable bonds is 4. The topological polar surface area (TPSA) is 90.2 Å². The summed E-state index contributed by atoms with van der Waals surface area (Å²) in [6.07, 6.45) is 5.26. The third-order valence-corrected chi connectivity index (χ3v) is 6.20. The number of halogens is 1. The summed E-state index contributed by atoms with van der Waals surface area (Å²) < 4.78 is 48.3. The fourth-order valence-corrected chi connectivity index (χ4v) is 4.40. The molecule has 1 unspecified atom stereocenters. The van der Waals surface area contributed by atoms with Crippen molar-refractivity contribution in [2.75, 3.05) is 19.7 Å². The second kappa shape index (κ2) is 7.38. The van der Waals surface area contributed by atoms with Crippen LogP contribution in [0.1, 0.15) is 11.8 Å². The Labute approximate surface area is 161 Å². The van der Waals surface area contributed by atoms with Crippen LogP contribution in [0, 0.1) is 5.82 Å². The van der Waals surface area contributed by atoms with Crippen LogP contribution in [0.3, 0.4) is 0 Å². The first-order valence-electron chi connectivity index (χ1n) is 8.62. The molecule has 0 amide bonds. The molecule has 0 aliphatic carbocycles. The molecule has 0 spiro atoms. The van der Waals surface area contributed by atoms with E-state index in [1.807, 2.05) is 0 Å². The standard InChI is InChI=1S/C18H18FN5O3S/c1-23-11-18(21-12-23)28(25,26)24-6-7-27-17(10-24)16-9-20-8-15(22-16)13-4-2-3-5-14(13)19/h2-5,8-9,11-12,17H,6-7,10H2,1H3. The van der Waals surface area contributed by atoms with Crippen molar-refractivity contribution in [1.82, 2.24) is 23.8 Å². The molecule has 1 saturated heterocycles. The Morgan fingerprint density at radius 3 is 2.82 bits per heavy atom. The summed E-state index contributed by atoms with van der Waals surface area (Å²) in [5.74, 6) is -0.405. The molecule has 146 valence electrons. The van der Waals surface area contributed by atoms with Gasteiger partial charge in [-0.05, 0) is 12.1 Å². The number of imidazole rings is 1. The van der Waals surface area contributed by atoms with Gasteiger partial charge in [0.15, 0.2) is 5.03 Å². The number of aryl methyl sites for hydroxylation is 1. The van der Waals surface area contributed by atoms with E-state index in [1.165, 1.54) is 35.3 Å². The van der Waals surface area contributed by atoms with Gasteiger partial charge in [-0.2, -0.15) is 4.31 Å². The van der Waals surface area contributed by atoms with Crippen molar-refractivity contribution in [3.63, 3.8) is 0 Å². The van der Waals surface area contributed by atoms with Gasteiger partial charge in [-0.1, -0.05) is 12.1 Å². The largest absolute Gasteiger partial charge is 0.369 e. The van der Waals surface area contributed by atoms with Crippen molar-refractivity contribution in [2.24, 2.45) is 7.05 Å². The zero-order valence-corrected chi connectivity index (χ0v) is 15.9. The minimum atomic E-state index is -3.74. The van der Waals surface area contributed by atoms with E-state index < -0.39 is 21.9 Å². The number of hydrogen-bond donors (Lipinski definition) is 0. The Kier molecular flexibility index (Phi) is 4.92. The fraction of sp³-hybridized carbons (Fsp3) is 0.278. The van der Waals surface area contributed by atoms with E-state index in [0.717, 1.165) is 0 Å². The predicted octanol–water partition coefficient (Wildman–Crippen LogP) is 1.78. The number of benzene rings is 1. The lowest BCUT2D eigenvalue weighted by Crippen LogP contribution is -2.42. The lowest BCUT2D eigenvalue weighted by molar-refractivity contribution is -0.00514. The molecule has 0 bridgehead atoms. The molecular weight excluding hydrogens is 385 g/mol. The minimum Gasteiger partial charge on any atom is -0.369 e. The number of morpholine rings is 1. The van der Waals surface area contributed by atoms with Gasteiger partial charge in [-0.15, -0.1) is 0 Å². The van der Waals surface area contributed by atoms with Crippen LogP contribution < -0.4 is 0 Å². The molecule has 1 atom stereocenters. The van der Waals surface area contributed by atoms with E-state index in [0.29, 0.717) is 17.0 Å². The number of ether oxygens (including phenoxy) is 1. The highest BCUT2D eigenvalue weighted by Gasteiger charge is 2.33. The Morgan fingerprint density at radius 1 is 1.25 bits per heavy atom. The first-order chi connectivity index (χ1) is 13.4. The second-order valence-corrected chi connectivity index (χ2v) is 8.29. The van der Waals surface area contributed by atoms with Crippen molar-refractivity contribution in [3.05, 3.63) is 60.7 Å². The van der Waals surface area contributed by atoms with Crippen LogP contribution in [0.2, 0.25) is 0 Å². The summed E-state index contributed by atoms with van der Waals surface area (Å²) in [7, 11) is -2.03. The monoisotopic (exact) mass is 403 g/mol. The second-order valence-electron chi connectivity index (χ2n) is 6.41. The van der Waals surface area contributed by atoms with E-state index in [4.69, 9.17) is 4.74 Å². The van der Waals surface area contributed by atoms with Crippen LogP contribution in [0.4, 0.5) is 4.39 Å². The van der Waals surface area contributed by atoms with Crippen LogP contribution in [0.15, 0.2) is 54.2 Å². The number of nitrogens with zero attached hydrogens (tertiary/aromatic N) is 5. The van der Waals surface area contributed by atoms with Gasteiger partial charge in [0.05, 0.1) is 36.7 Å². The van der Waals surface area contributed by atoms with Gasteiger partial charge in [0, 0.05) is 31.9 Å². The lowest BCUT2D eigenvalue weighted by atomic mass is 10.1. The smallest absolute Gasteiger partial charge is 0.262 e. The summed E-state index contributed by atoms with van der Waals surface area (Å²) in [5, 5.41) is -0.0122. The number of sulfonamides is 1. The minimum absolute atomic E-state index is 0.0122. The summed E-state index contributed by atoms with van der Waals surface area (Å²) in [6, 6.07) is 6.27. The van der Waals surface area contributed by atoms with Crippen molar-refractivity contribution in [1.29, 1.82) is 0 Å². The maximum Gasteiger partial charge on any atom is 0.262 e. The van der Waals surface area contributed by atoms with E-state index in [2.05, 4.69) is 15.0 Å². The van der Waals surface area contributed by atoms with Crippen LogP contribution in [-0.2, 0) is 21.8 Å². The van der Waals surface area contributed by atoms with E-state index in [9.17, 15) is 12.8 Å². The lowest BCUT2D eigenvalue weighted by Gasteiger charge is -2.31. The van der Waals surface area contributed by atoms with Gasteiger partial charge in [-0.25, -0.2) is 22.8 Å². The Hall–Kier alpha value is -2.69. The molecule has 3 aromatic rings. The molecule has 8 nitrogen and oxygen atoms in total. The van der Waals surface area contributed by atoms with Gasteiger partial charge in [-0.3, -0.25) is 4.98 Å². The molecule has 4 rings (SSSR count). The molecule has 1 fully saturated rings. The van der Waals surface area contributed by atoms with Crippen LogP contribution >= 0.6 is 0 Å². The normalized spacial score (nSPS) is 18.3. The molecule has 1 aliphatic rings. The predicted molar refractivity (Wildman–Crippen MR) is 98.1 cm³/mol. The maximum absolute atomic E-state index is 14.1. The number of aromatic nitrogens is 4. The molecule has 10 heteroatoms. The van der Waals surface area contributed by atoms with Crippen LogP contribution in [0.5, 0.6) is 0 Å². The quantitative estimate of drug-likeness (QED) is 0.660. The zero-order chi connectivity index (χ0) is 19.7. The van der Waals surface area contributed by atoms with Crippen LogP contribution in [0.25, 0.3) is 11.3 Å². The fourth-order valence-electron chi connectivity index (χ4n) is 3.01. The molecule has 0 N–H and O–H groups in total. The molecule has 28 heavy (non-hydrogen) atoms. The van der Waals surface area contributed by atoms with Crippen molar-refractivity contribution in [3.8, 4) is 11.3 Å². The molecule has 2 aromatic heterocycles. The highest BCUT2D eigenvalue weighted by molar-refractivity contribution is 7.89. The Morgan fingerprint density at radius 2 is 2.07 bits per heavy atom. The summed E-state index contributed by atoms with van der Waals surface area (Å²) in [6.45, 7) is 0.506. The molecule has 3 heterocycles. The molecule has 1 aromatic carbocycles. The molecule has 1 aliphatic heterocycles.